The third-order valence-electron chi connectivity index (χ3n) is 7.05. The van der Waals surface area contributed by atoms with Crippen LogP contribution in [0.5, 0.6) is 0 Å². The second kappa shape index (κ2) is 11.5. The van der Waals surface area contributed by atoms with Crippen LogP contribution in [0.3, 0.4) is 0 Å². The topological polar surface area (TPSA) is 137 Å². The molecule has 2 atom stereocenters. The van der Waals surface area contributed by atoms with Crippen LogP contribution in [-0.4, -0.2) is 62.9 Å². The number of hydrogen-bond donors (Lipinski definition) is 2. The average molecular weight is 585 g/mol. The lowest BCUT2D eigenvalue weighted by Gasteiger charge is -2.35. The minimum Gasteiger partial charge on any atom is -0.382 e. The average Bonchev–Trinajstić information content (AvgIpc) is 3.22. The third-order valence-corrected chi connectivity index (χ3v) is 7.05. The van der Waals surface area contributed by atoms with Crippen molar-refractivity contribution in [3.8, 4) is 11.1 Å². The van der Waals surface area contributed by atoms with E-state index in [4.69, 9.17) is 20.9 Å². The van der Waals surface area contributed by atoms with Crippen LogP contribution in [-0.2, 0) is 28.8 Å². The van der Waals surface area contributed by atoms with E-state index in [1.807, 2.05) is 13.8 Å². The maximum absolute atomic E-state index is 13.3. The Morgan fingerprint density at radius 3 is 2.45 bits per heavy atom. The first kappa shape index (κ1) is 29.2. The number of amides is 2. The zero-order chi connectivity index (χ0) is 30.2. The van der Waals surface area contributed by atoms with Crippen LogP contribution in [0.4, 0.5) is 35.3 Å². The van der Waals surface area contributed by atoms with E-state index in [2.05, 4.69) is 20.0 Å². The van der Waals surface area contributed by atoms with Crippen LogP contribution in [0, 0.1) is 0 Å². The second-order valence-corrected chi connectivity index (χ2v) is 10.2. The van der Waals surface area contributed by atoms with E-state index in [-0.39, 0.29) is 36.1 Å². The number of hydrogen-bond acceptors (Lipinski definition) is 8. The van der Waals surface area contributed by atoms with Gasteiger partial charge < -0.3 is 20.9 Å². The zero-order valence-corrected chi connectivity index (χ0v) is 23.3. The Morgan fingerprint density at radius 2 is 1.83 bits per heavy atom. The first-order valence-corrected chi connectivity index (χ1v) is 13.2. The van der Waals surface area contributed by atoms with Gasteiger partial charge in [-0.15, -0.1) is 0 Å². The smallest absolute Gasteiger partial charge is 0.382 e. The fourth-order valence-corrected chi connectivity index (χ4v) is 5.49. The van der Waals surface area contributed by atoms with Gasteiger partial charge in [0.05, 0.1) is 35.8 Å². The predicted octanol–water partition coefficient (Wildman–Crippen LogP) is 4.36. The van der Waals surface area contributed by atoms with E-state index in [1.54, 1.807) is 35.9 Å². The summed E-state index contributed by atoms with van der Waals surface area (Å²) in [5, 5.41) is 4.51. The molecule has 2 amide bonds. The molecule has 0 radical (unpaired) electrons. The first-order valence-electron chi connectivity index (χ1n) is 13.2. The van der Waals surface area contributed by atoms with Crippen LogP contribution < -0.4 is 16.4 Å². The molecule has 42 heavy (non-hydrogen) atoms. The molecule has 4 N–H and O–H groups in total. The van der Waals surface area contributed by atoms with E-state index in [1.165, 1.54) is 6.33 Å². The van der Waals surface area contributed by atoms with Crippen LogP contribution in [0.15, 0.2) is 48.9 Å². The fraction of sp³-hybridized carbons (Fsp3) is 0.357. The molecule has 11 nitrogen and oxygen atoms in total. The Bertz CT molecular complexity index is 1580. The normalized spacial score (nSPS) is 18.0. The van der Waals surface area contributed by atoms with Gasteiger partial charge in [-0.25, -0.2) is 24.2 Å². The van der Waals surface area contributed by atoms with Crippen molar-refractivity contribution in [2.24, 2.45) is 5.73 Å². The number of nitrogens with zero attached hydrogens (tertiary/aromatic N) is 6. The molecule has 0 bridgehead atoms. The molecule has 0 saturated carbocycles. The molecule has 4 heterocycles. The fourth-order valence-electron chi connectivity index (χ4n) is 5.49. The molecule has 4 aromatic rings. The summed E-state index contributed by atoms with van der Waals surface area (Å²) < 4.78 is 53.2. The number of methoxy groups -OCH3 is 1. The number of fused-ring (bicyclic) bond motifs is 1. The molecule has 0 spiro atoms. The Kier molecular flexibility index (Phi) is 8.03. The van der Waals surface area contributed by atoms with E-state index in [0.717, 1.165) is 53.1 Å². The van der Waals surface area contributed by atoms with E-state index in [0.29, 0.717) is 17.6 Å². The summed E-state index contributed by atoms with van der Waals surface area (Å²) in [6, 6.07) is 7.21. The Hall–Kier alpha value is -4.27. The second-order valence-electron chi connectivity index (χ2n) is 10.2. The predicted molar refractivity (Wildman–Crippen MR) is 150 cm³/mol. The van der Waals surface area contributed by atoms with Gasteiger partial charge >= 0.3 is 12.2 Å². The van der Waals surface area contributed by atoms with Gasteiger partial charge in [0.2, 0.25) is 0 Å². The SMILES string of the molecule is COCc1c(-c2ccc(N(C(N)=O)c3cc(C(F)(F)F)ccn3)cc2)c2c(N)ncnn2c1CN1C[C@@H](C)O[C@@H](C)C1. The Balaban J connectivity index is 1.59. The van der Waals surface area contributed by atoms with E-state index < -0.39 is 17.8 Å². The quantitative estimate of drug-likeness (QED) is 0.327. The molecular formula is C28H31F3N8O3. The molecule has 222 valence electrons. The van der Waals surface area contributed by atoms with Crippen LogP contribution in [0.1, 0.15) is 30.7 Å². The number of primary amides is 1. The van der Waals surface area contributed by atoms with Gasteiger partial charge in [-0.05, 0) is 43.7 Å². The van der Waals surface area contributed by atoms with Crippen molar-refractivity contribution in [2.45, 2.75) is 45.4 Å². The number of carbonyl (C=O) groups excluding carboxylic acids is 1. The van der Waals surface area contributed by atoms with Crippen molar-refractivity contribution in [3.05, 3.63) is 65.7 Å². The Morgan fingerprint density at radius 1 is 1.14 bits per heavy atom. The molecule has 1 fully saturated rings. The summed E-state index contributed by atoms with van der Waals surface area (Å²) in [5.74, 6) is 0.0108. The molecule has 5 rings (SSSR count). The van der Waals surface area contributed by atoms with E-state index in [9.17, 15) is 18.0 Å². The number of benzene rings is 1. The van der Waals surface area contributed by atoms with Crippen molar-refractivity contribution in [1.29, 1.82) is 0 Å². The number of carbonyl (C=O) groups is 1. The highest BCUT2D eigenvalue weighted by molar-refractivity contribution is 5.98. The first-order chi connectivity index (χ1) is 20.0. The van der Waals surface area contributed by atoms with Crippen molar-refractivity contribution >= 4 is 28.9 Å². The van der Waals surface area contributed by atoms with Gasteiger partial charge in [-0.2, -0.15) is 18.3 Å². The van der Waals surface area contributed by atoms with Crippen molar-refractivity contribution in [2.75, 3.05) is 30.8 Å². The van der Waals surface area contributed by atoms with Crippen molar-refractivity contribution in [1.82, 2.24) is 24.5 Å². The number of ether oxygens (including phenoxy) is 2. The maximum Gasteiger partial charge on any atom is 0.416 e. The lowest BCUT2D eigenvalue weighted by Crippen LogP contribution is -2.45. The Labute approximate surface area is 239 Å². The number of rotatable bonds is 7. The van der Waals surface area contributed by atoms with Crippen LogP contribution in [0.25, 0.3) is 16.6 Å². The summed E-state index contributed by atoms with van der Waals surface area (Å²) in [4.78, 5) is 23.7. The van der Waals surface area contributed by atoms with Crippen LogP contribution >= 0.6 is 0 Å². The highest BCUT2D eigenvalue weighted by Gasteiger charge is 2.32. The molecule has 0 unspecified atom stereocenters. The summed E-state index contributed by atoms with van der Waals surface area (Å²) in [7, 11) is 1.60. The van der Waals surface area contributed by atoms with Gasteiger partial charge in [0.25, 0.3) is 0 Å². The third kappa shape index (κ3) is 5.73. The summed E-state index contributed by atoms with van der Waals surface area (Å²) in [5.41, 5.74) is 15.0. The van der Waals surface area contributed by atoms with Gasteiger partial charge in [0.1, 0.15) is 17.7 Å². The number of halogens is 3. The standard InChI is InChI=1S/C28H31F3N8O3/c1-16-11-37(12-17(2)42-16)13-22-21(14-41-3)24(25-26(32)35-15-36-39(22)25)18-4-6-20(7-5-18)38(27(33)40)23-10-19(8-9-34-23)28(29,30)31/h4-10,15-17H,11-14H2,1-3H3,(H2,33,40)(H2,32,35,36)/t16-,17+. The van der Waals surface area contributed by atoms with Crippen molar-refractivity contribution in [3.63, 3.8) is 0 Å². The molecular weight excluding hydrogens is 553 g/mol. The van der Waals surface area contributed by atoms with E-state index >= 15 is 0 Å². The number of nitrogens with two attached hydrogens (primary N) is 2. The largest absolute Gasteiger partial charge is 0.416 e. The highest BCUT2D eigenvalue weighted by Crippen LogP contribution is 2.38. The van der Waals surface area contributed by atoms with Gasteiger partial charge in [0.15, 0.2) is 5.82 Å². The summed E-state index contributed by atoms with van der Waals surface area (Å²) in [6.07, 6.45) is -2.11. The monoisotopic (exact) mass is 584 g/mol. The number of urea groups is 1. The molecule has 1 aliphatic rings. The number of anilines is 3. The minimum atomic E-state index is -4.61. The minimum absolute atomic E-state index is 0.0667. The molecule has 1 aliphatic heterocycles. The number of alkyl halides is 3. The van der Waals surface area contributed by atoms with Gasteiger partial charge in [-0.3, -0.25) is 4.90 Å². The lowest BCUT2D eigenvalue weighted by atomic mass is 10.0. The highest BCUT2D eigenvalue weighted by atomic mass is 19.4. The van der Waals surface area contributed by atoms with Crippen molar-refractivity contribution < 1.29 is 27.4 Å². The number of aromatic nitrogens is 4. The number of morpholine rings is 1. The number of nitrogen functional groups attached to an aromatic ring is 1. The molecule has 1 aromatic carbocycles. The van der Waals surface area contributed by atoms with Gasteiger partial charge in [-0.1, -0.05) is 12.1 Å². The van der Waals surface area contributed by atoms with Crippen LogP contribution in [0.2, 0.25) is 0 Å². The summed E-state index contributed by atoms with van der Waals surface area (Å²) >= 11 is 0. The van der Waals surface area contributed by atoms with Gasteiger partial charge in [0, 0.05) is 44.1 Å². The molecule has 3 aromatic heterocycles. The lowest BCUT2D eigenvalue weighted by molar-refractivity contribution is -0.137. The molecule has 14 heteroatoms. The molecule has 0 aliphatic carbocycles. The molecule has 1 saturated heterocycles. The maximum atomic E-state index is 13.3. The number of pyridine rings is 1. The summed E-state index contributed by atoms with van der Waals surface area (Å²) in [6.45, 7) is 6.36. The zero-order valence-electron chi connectivity index (χ0n) is 23.3.